The smallest absolute Gasteiger partial charge is 0.225 e. The van der Waals surface area contributed by atoms with Crippen LogP contribution in [-0.4, -0.2) is 10.9 Å². The van der Waals surface area contributed by atoms with Gasteiger partial charge in [-0.2, -0.15) is 0 Å². The van der Waals surface area contributed by atoms with Crippen molar-refractivity contribution in [3.05, 3.63) is 58.2 Å². The topological polar surface area (TPSA) is 42.0 Å². The minimum Gasteiger partial charge on any atom is -0.311 e. The Morgan fingerprint density at radius 2 is 1.95 bits per heavy atom. The largest absolute Gasteiger partial charge is 0.311 e. The summed E-state index contributed by atoms with van der Waals surface area (Å²) in [5, 5.41) is 2.81. The average Bonchev–Trinajstić information content (AvgIpc) is 2.42. The first-order valence-corrected chi connectivity index (χ1v) is 6.91. The molecule has 0 saturated heterocycles. The molecule has 0 unspecified atom stereocenters. The molecule has 3 nitrogen and oxygen atoms in total. The number of hydrogen-bond acceptors (Lipinski definition) is 2. The number of hydrogen-bond donors (Lipinski definition) is 1. The zero-order valence-corrected chi connectivity index (χ0v) is 12.3. The molecule has 1 N–H and O–H groups in total. The number of nitrogens with one attached hydrogen (secondary N) is 1. The van der Waals surface area contributed by atoms with E-state index in [9.17, 15) is 4.79 Å². The number of halogens is 1. The SMILES string of the molecule is Cc1nc(NC(=O)CCc2ccccc2)ccc1Br. The summed E-state index contributed by atoms with van der Waals surface area (Å²) in [7, 11) is 0. The number of rotatable bonds is 4. The number of pyridine rings is 1. The molecular weight excluding hydrogens is 304 g/mol. The fourth-order valence-electron chi connectivity index (χ4n) is 1.72. The maximum Gasteiger partial charge on any atom is 0.225 e. The molecule has 0 spiro atoms. The number of nitrogens with zero attached hydrogens (tertiary/aromatic N) is 1. The van der Waals surface area contributed by atoms with Crippen LogP contribution >= 0.6 is 15.9 Å². The van der Waals surface area contributed by atoms with Crippen LogP contribution in [-0.2, 0) is 11.2 Å². The molecule has 4 heteroatoms. The Morgan fingerprint density at radius 1 is 1.21 bits per heavy atom. The summed E-state index contributed by atoms with van der Waals surface area (Å²) in [6, 6.07) is 13.6. The number of anilines is 1. The molecule has 0 aliphatic carbocycles. The zero-order chi connectivity index (χ0) is 13.7. The number of carbonyl (C=O) groups is 1. The first-order chi connectivity index (χ1) is 9.15. The van der Waals surface area contributed by atoms with Gasteiger partial charge in [0, 0.05) is 10.9 Å². The fraction of sp³-hybridized carbons (Fsp3) is 0.200. The van der Waals surface area contributed by atoms with Crippen molar-refractivity contribution >= 4 is 27.7 Å². The Morgan fingerprint density at radius 3 is 2.63 bits per heavy atom. The lowest BCUT2D eigenvalue weighted by Crippen LogP contribution is -2.13. The summed E-state index contributed by atoms with van der Waals surface area (Å²) in [6.07, 6.45) is 1.20. The van der Waals surface area contributed by atoms with Gasteiger partial charge in [-0.05, 0) is 47.0 Å². The lowest BCUT2D eigenvalue weighted by Gasteiger charge is -2.06. The van der Waals surface area contributed by atoms with E-state index >= 15 is 0 Å². The molecule has 0 aliphatic heterocycles. The predicted octanol–water partition coefficient (Wildman–Crippen LogP) is 3.72. The first kappa shape index (κ1) is 13.7. The highest BCUT2D eigenvalue weighted by Crippen LogP contribution is 2.16. The molecule has 1 amide bonds. The monoisotopic (exact) mass is 318 g/mol. The maximum atomic E-state index is 11.8. The van der Waals surface area contributed by atoms with Gasteiger partial charge >= 0.3 is 0 Å². The molecule has 19 heavy (non-hydrogen) atoms. The van der Waals surface area contributed by atoms with Crippen LogP contribution in [0.25, 0.3) is 0 Å². The van der Waals surface area contributed by atoms with Crippen molar-refractivity contribution in [1.82, 2.24) is 4.98 Å². The molecule has 0 aliphatic rings. The van der Waals surface area contributed by atoms with Crippen LogP contribution in [0.3, 0.4) is 0 Å². The third kappa shape index (κ3) is 4.17. The molecule has 0 saturated carbocycles. The second kappa shape index (κ2) is 6.48. The van der Waals surface area contributed by atoms with Crippen molar-refractivity contribution in [3.8, 4) is 0 Å². The molecule has 2 rings (SSSR count). The Bertz CT molecular complexity index is 570. The van der Waals surface area contributed by atoms with Gasteiger partial charge in [-0.15, -0.1) is 0 Å². The molecule has 0 fully saturated rings. The van der Waals surface area contributed by atoms with E-state index in [0.29, 0.717) is 12.2 Å². The second-order valence-corrected chi connectivity index (χ2v) is 5.15. The minimum absolute atomic E-state index is 0.0157. The Labute approximate surface area is 121 Å². The van der Waals surface area contributed by atoms with Crippen LogP contribution in [0.15, 0.2) is 46.9 Å². The predicted molar refractivity (Wildman–Crippen MR) is 80.1 cm³/mol. The molecule has 2 aromatic rings. The number of amides is 1. The third-order valence-electron chi connectivity index (χ3n) is 2.77. The number of aryl methyl sites for hydroxylation is 2. The van der Waals surface area contributed by atoms with Gasteiger partial charge in [0.25, 0.3) is 0 Å². The average molecular weight is 319 g/mol. The van der Waals surface area contributed by atoms with Gasteiger partial charge in [-0.25, -0.2) is 4.98 Å². The molecule has 1 aromatic heterocycles. The lowest BCUT2D eigenvalue weighted by molar-refractivity contribution is -0.116. The van der Waals surface area contributed by atoms with Gasteiger partial charge in [0.05, 0.1) is 5.69 Å². The van der Waals surface area contributed by atoms with Crippen molar-refractivity contribution < 1.29 is 4.79 Å². The molecule has 0 atom stereocenters. The van der Waals surface area contributed by atoms with Gasteiger partial charge in [0.15, 0.2) is 0 Å². The third-order valence-corrected chi connectivity index (χ3v) is 3.61. The van der Waals surface area contributed by atoms with Crippen LogP contribution in [0.4, 0.5) is 5.82 Å². The van der Waals surface area contributed by atoms with E-state index in [1.807, 2.05) is 43.3 Å². The van der Waals surface area contributed by atoms with E-state index in [1.165, 1.54) is 0 Å². The normalized spacial score (nSPS) is 10.2. The quantitative estimate of drug-likeness (QED) is 0.933. The highest BCUT2D eigenvalue weighted by Gasteiger charge is 2.05. The molecule has 0 radical (unpaired) electrons. The molecule has 1 aromatic carbocycles. The van der Waals surface area contributed by atoms with Gasteiger partial charge in [-0.3, -0.25) is 4.79 Å². The van der Waals surface area contributed by atoms with E-state index in [0.717, 1.165) is 22.2 Å². The van der Waals surface area contributed by atoms with Crippen LogP contribution < -0.4 is 5.32 Å². The first-order valence-electron chi connectivity index (χ1n) is 6.12. The van der Waals surface area contributed by atoms with Crippen molar-refractivity contribution in [2.75, 3.05) is 5.32 Å². The van der Waals surface area contributed by atoms with Gasteiger partial charge in [-0.1, -0.05) is 30.3 Å². The van der Waals surface area contributed by atoms with E-state index < -0.39 is 0 Å². The molecule has 98 valence electrons. The van der Waals surface area contributed by atoms with Gasteiger partial charge in [0.1, 0.15) is 5.82 Å². The summed E-state index contributed by atoms with van der Waals surface area (Å²) >= 11 is 3.38. The molecule has 0 bridgehead atoms. The van der Waals surface area contributed by atoms with Gasteiger partial charge < -0.3 is 5.32 Å². The fourth-order valence-corrected chi connectivity index (χ4v) is 1.94. The van der Waals surface area contributed by atoms with E-state index in [-0.39, 0.29) is 5.91 Å². The van der Waals surface area contributed by atoms with Crippen molar-refractivity contribution in [2.45, 2.75) is 19.8 Å². The zero-order valence-electron chi connectivity index (χ0n) is 10.7. The highest BCUT2D eigenvalue weighted by atomic mass is 79.9. The van der Waals surface area contributed by atoms with E-state index in [1.54, 1.807) is 6.07 Å². The Hall–Kier alpha value is -1.68. The van der Waals surface area contributed by atoms with Crippen molar-refractivity contribution in [1.29, 1.82) is 0 Å². The number of benzene rings is 1. The number of carbonyl (C=O) groups excluding carboxylic acids is 1. The summed E-state index contributed by atoms with van der Waals surface area (Å²) in [6.45, 7) is 1.89. The minimum atomic E-state index is -0.0157. The van der Waals surface area contributed by atoms with Crippen molar-refractivity contribution in [2.24, 2.45) is 0 Å². The summed E-state index contributed by atoms with van der Waals surface area (Å²) in [5.74, 6) is 0.580. The van der Waals surface area contributed by atoms with Crippen LogP contribution in [0.1, 0.15) is 17.7 Å². The maximum absolute atomic E-state index is 11.8. The van der Waals surface area contributed by atoms with Crippen LogP contribution in [0, 0.1) is 6.92 Å². The van der Waals surface area contributed by atoms with Crippen LogP contribution in [0.5, 0.6) is 0 Å². The molecular formula is C15H15BrN2O. The van der Waals surface area contributed by atoms with Crippen molar-refractivity contribution in [3.63, 3.8) is 0 Å². The van der Waals surface area contributed by atoms with Gasteiger partial charge in [0.2, 0.25) is 5.91 Å². The van der Waals surface area contributed by atoms with E-state index in [4.69, 9.17) is 0 Å². The molecule has 1 heterocycles. The van der Waals surface area contributed by atoms with E-state index in [2.05, 4.69) is 26.2 Å². The summed E-state index contributed by atoms with van der Waals surface area (Å²) < 4.78 is 0.940. The number of aromatic nitrogens is 1. The standard InChI is InChI=1S/C15H15BrN2O/c1-11-13(16)8-9-14(17-11)18-15(19)10-7-12-5-3-2-4-6-12/h2-6,8-9H,7,10H2,1H3,(H,17,18,19). The Balaban J connectivity index is 1.89. The summed E-state index contributed by atoms with van der Waals surface area (Å²) in [4.78, 5) is 16.1. The summed E-state index contributed by atoms with van der Waals surface area (Å²) in [5.41, 5.74) is 2.03. The Kier molecular flexibility index (Phi) is 4.68. The highest BCUT2D eigenvalue weighted by molar-refractivity contribution is 9.10. The lowest BCUT2D eigenvalue weighted by atomic mass is 10.1. The second-order valence-electron chi connectivity index (χ2n) is 4.30. The van der Waals surface area contributed by atoms with Crippen LogP contribution in [0.2, 0.25) is 0 Å².